The van der Waals surface area contributed by atoms with E-state index < -0.39 is 11.8 Å². The fraction of sp³-hybridized carbons (Fsp3) is 0.107. The number of benzene rings is 3. The van der Waals surface area contributed by atoms with Gasteiger partial charge in [-0.2, -0.15) is 0 Å². The standard InChI is InChI=1S/C28H22N2O6/c1-15-12-16(2)25-20(13-15)21(31)14-23(36-25)27(32)30-24-19-6-4-5-7-22(19)35-26(24)28(33)29-17-8-10-18(34-3)11-9-17/h4-14H,1-3H3,(H,29,33)(H,30,32). The molecule has 0 saturated carbocycles. The molecule has 0 aliphatic carbocycles. The summed E-state index contributed by atoms with van der Waals surface area (Å²) in [5.74, 6) is -0.856. The lowest BCUT2D eigenvalue weighted by Crippen LogP contribution is -2.18. The van der Waals surface area contributed by atoms with Gasteiger partial charge in [-0.1, -0.05) is 18.2 Å². The van der Waals surface area contributed by atoms with Gasteiger partial charge in [0.15, 0.2) is 11.2 Å². The molecule has 0 radical (unpaired) electrons. The molecule has 2 aromatic heterocycles. The molecule has 2 N–H and O–H groups in total. The monoisotopic (exact) mass is 482 g/mol. The van der Waals surface area contributed by atoms with Gasteiger partial charge in [0.25, 0.3) is 11.8 Å². The molecule has 0 unspecified atom stereocenters. The van der Waals surface area contributed by atoms with E-state index in [0.717, 1.165) is 17.2 Å². The van der Waals surface area contributed by atoms with Gasteiger partial charge in [0.1, 0.15) is 22.6 Å². The van der Waals surface area contributed by atoms with Gasteiger partial charge in [-0.15, -0.1) is 0 Å². The maximum absolute atomic E-state index is 13.2. The molecular formula is C28H22N2O6. The molecule has 3 aromatic carbocycles. The van der Waals surface area contributed by atoms with Crippen molar-refractivity contribution in [3.8, 4) is 5.75 Å². The number of furan rings is 1. The van der Waals surface area contributed by atoms with E-state index in [4.69, 9.17) is 13.6 Å². The number of rotatable bonds is 5. The van der Waals surface area contributed by atoms with E-state index in [1.54, 1.807) is 61.7 Å². The number of para-hydroxylation sites is 1. The van der Waals surface area contributed by atoms with Crippen LogP contribution in [0.25, 0.3) is 21.9 Å². The number of anilines is 2. The van der Waals surface area contributed by atoms with Gasteiger partial charge in [0, 0.05) is 17.1 Å². The van der Waals surface area contributed by atoms with Crippen molar-refractivity contribution in [3.05, 3.63) is 99.6 Å². The second kappa shape index (κ2) is 9.07. The first-order valence-corrected chi connectivity index (χ1v) is 11.2. The Kier molecular flexibility index (Phi) is 5.77. The van der Waals surface area contributed by atoms with Gasteiger partial charge < -0.3 is 24.2 Å². The van der Waals surface area contributed by atoms with Gasteiger partial charge in [0.2, 0.25) is 5.76 Å². The number of aryl methyl sites for hydroxylation is 2. The topological polar surface area (TPSA) is 111 Å². The summed E-state index contributed by atoms with van der Waals surface area (Å²) in [7, 11) is 1.55. The van der Waals surface area contributed by atoms with E-state index in [9.17, 15) is 14.4 Å². The zero-order valence-electron chi connectivity index (χ0n) is 19.8. The largest absolute Gasteiger partial charge is 0.497 e. The van der Waals surface area contributed by atoms with E-state index in [1.807, 2.05) is 19.9 Å². The number of hydrogen-bond acceptors (Lipinski definition) is 6. The summed E-state index contributed by atoms with van der Waals surface area (Å²) in [5, 5.41) is 6.40. The molecule has 5 aromatic rings. The predicted molar refractivity (Wildman–Crippen MR) is 137 cm³/mol. The summed E-state index contributed by atoms with van der Waals surface area (Å²) in [6.07, 6.45) is 0. The highest BCUT2D eigenvalue weighted by Gasteiger charge is 2.24. The summed E-state index contributed by atoms with van der Waals surface area (Å²) in [6, 6.07) is 18.5. The van der Waals surface area contributed by atoms with Crippen LogP contribution in [0.5, 0.6) is 5.75 Å². The van der Waals surface area contributed by atoms with Crippen LogP contribution in [-0.2, 0) is 0 Å². The maximum Gasteiger partial charge on any atom is 0.293 e. The van der Waals surface area contributed by atoms with Crippen molar-refractivity contribution in [1.82, 2.24) is 0 Å². The number of carbonyl (C=O) groups excluding carboxylic acids is 2. The smallest absolute Gasteiger partial charge is 0.293 e. The highest BCUT2D eigenvalue weighted by Crippen LogP contribution is 2.32. The minimum absolute atomic E-state index is 0.0877. The van der Waals surface area contributed by atoms with E-state index in [0.29, 0.717) is 33.4 Å². The Morgan fingerprint density at radius 3 is 2.33 bits per heavy atom. The Morgan fingerprint density at radius 2 is 1.58 bits per heavy atom. The van der Waals surface area contributed by atoms with Gasteiger partial charge in [0.05, 0.1) is 12.5 Å². The van der Waals surface area contributed by atoms with Gasteiger partial charge >= 0.3 is 0 Å². The van der Waals surface area contributed by atoms with Crippen molar-refractivity contribution in [3.63, 3.8) is 0 Å². The molecule has 2 heterocycles. The molecular weight excluding hydrogens is 460 g/mol. The molecule has 0 saturated heterocycles. The zero-order valence-corrected chi connectivity index (χ0v) is 19.8. The third kappa shape index (κ3) is 4.20. The van der Waals surface area contributed by atoms with Gasteiger partial charge in [-0.3, -0.25) is 14.4 Å². The second-order valence-electron chi connectivity index (χ2n) is 8.37. The average Bonchev–Trinajstić information content (AvgIpc) is 3.23. The predicted octanol–water partition coefficient (Wildman–Crippen LogP) is 5.67. The van der Waals surface area contributed by atoms with E-state index >= 15 is 0 Å². The molecule has 180 valence electrons. The Balaban J connectivity index is 1.51. The van der Waals surface area contributed by atoms with Gasteiger partial charge in [-0.25, -0.2) is 0 Å². The number of methoxy groups -OCH3 is 1. The Labute approximate surface area is 205 Å². The Morgan fingerprint density at radius 1 is 0.833 bits per heavy atom. The van der Waals surface area contributed by atoms with E-state index in [2.05, 4.69) is 10.6 Å². The molecule has 0 fully saturated rings. The normalized spacial score (nSPS) is 11.0. The fourth-order valence-electron chi connectivity index (χ4n) is 4.09. The van der Waals surface area contributed by atoms with Crippen LogP contribution in [0.2, 0.25) is 0 Å². The second-order valence-corrected chi connectivity index (χ2v) is 8.37. The fourth-order valence-corrected chi connectivity index (χ4v) is 4.09. The minimum atomic E-state index is -0.681. The summed E-state index contributed by atoms with van der Waals surface area (Å²) in [4.78, 5) is 39.0. The number of nitrogens with one attached hydrogen (secondary N) is 2. The number of amides is 2. The van der Waals surface area contributed by atoms with E-state index in [-0.39, 0.29) is 22.6 Å². The van der Waals surface area contributed by atoms with Crippen LogP contribution in [-0.4, -0.2) is 18.9 Å². The molecule has 0 aliphatic rings. The van der Waals surface area contributed by atoms with E-state index in [1.165, 1.54) is 0 Å². The summed E-state index contributed by atoms with van der Waals surface area (Å²) in [5.41, 5.74) is 2.77. The van der Waals surface area contributed by atoms with Crippen molar-refractivity contribution in [2.45, 2.75) is 13.8 Å². The average molecular weight is 482 g/mol. The quantitative estimate of drug-likeness (QED) is 0.334. The Hall–Kier alpha value is -4.85. The van der Waals surface area contributed by atoms with Crippen LogP contribution in [0.1, 0.15) is 32.2 Å². The molecule has 0 aliphatic heterocycles. The third-order valence-electron chi connectivity index (χ3n) is 5.77. The zero-order chi connectivity index (χ0) is 25.4. The lowest BCUT2D eigenvalue weighted by atomic mass is 10.1. The lowest BCUT2D eigenvalue weighted by Gasteiger charge is -2.09. The molecule has 5 rings (SSSR count). The van der Waals surface area contributed by atoms with Crippen molar-refractivity contribution in [2.75, 3.05) is 17.7 Å². The number of fused-ring (bicyclic) bond motifs is 2. The first kappa shape index (κ1) is 22.9. The molecule has 8 heteroatoms. The molecule has 36 heavy (non-hydrogen) atoms. The summed E-state index contributed by atoms with van der Waals surface area (Å²) < 4.78 is 16.8. The Bertz CT molecular complexity index is 1700. The van der Waals surface area contributed by atoms with Crippen molar-refractivity contribution < 1.29 is 23.2 Å². The summed E-state index contributed by atoms with van der Waals surface area (Å²) >= 11 is 0. The van der Waals surface area contributed by atoms with Gasteiger partial charge in [-0.05, 0) is 67.4 Å². The van der Waals surface area contributed by atoms with Crippen LogP contribution in [0.15, 0.2) is 80.4 Å². The summed E-state index contributed by atoms with van der Waals surface area (Å²) in [6.45, 7) is 3.69. The number of hydrogen-bond donors (Lipinski definition) is 2. The molecule has 8 nitrogen and oxygen atoms in total. The minimum Gasteiger partial charge on any atom is -0.497 e. The third-order valence-corrected chi connectivity index (χ3v) is 5.77. The lowest BCUT2D eigenvalue weighted by molar-refractivity contribution is 0.0996. The van der Waals surface area contributed by atoms with Crippen LogP contribution < -0.4 is 20.8 Å². The number of ether oxygens (including phenoxy) is 1. The maximum atomic E-state index is 13.2. The highest BCUT2D eigenvalue weighted by molar-refractivity contribution is 6.16. The van der Waals surface area contributed by atoms with Crippen molar-refractivity contribution in [2.24, 2.45) is 0 Å². The molecule has 2 amide bonds. The van der Waals surface area contributed by atoms with Crippen molar-refractivity contribution >= 4 is 45.1 Å². The SMILES string of the molecule is COc1ccc(NC(=O)c2oc3ccccc3c2NC(=O)c2cc(=O)c3cc(C)cc(C)c3o2)cc1. The first-order chi connectivity index (χ1) is 17.3. The van der Waals surface area contributed by atoms with Crippen molar-refractivity contribution in [1.29, 1.82) is 0 Å². The molecule has 0 atom stereocenters. The van der Waals surface area contributed by atoms with Crippen LogP contribution >= 0.6 is 0 Å². The molecule has 0 spiro atoms. The number of carbonyl (C=O) groups is 2. The first-order valence-electron chi connectivity index (χ1n) is 11.2. The highest BCUT2D eigenvalue weighted by atomic mass is 16.5. The van der Waals surface area contributed by atoms with Crippen LogP contribution in [0, 0.1) is 13.8 Å². The van der Waals surface area contributed by atoms with Crippen LogP contribution in [0.3, 0.4) is 0 Å². The molecule has 0 bridgehead atoms. The van der Waals surface area contributed by atoms with Crippen LogP contribution in [0.4, 0.5) is 11.4 Å².